The van der Waals surface area contributed by atoms with Gasteiger partial charge in [-0.15, -0.1) is 0 Å². The molecule has 0 spiro atoms. The van der Waals surface area contributed by atoms with E-state index >= 15 is 0 Å². The average molecular weight is 366 g/mol. The molecule has 1 aromatic carbocycles. The molecule has 1 amide bonds. The number of nitrogens with zero attached hydrogens (tertiary/aromatic N) is 2. The first-order valence-electron chi connectivity index (χ1n) is 8.17. The summed E-state index contributed by atoms with van der Waals surface area (Å²) in [5.41, 5.74) is 0.0987. The number of hydrogen-bond acceptors (Lipinski definition) is 6. The molecule has 0 fully saturated rings. The van der Waals surface area contributed by atoms with Gasteiger partial charge in [-0.25, -0.2) is 9.97 Å². The van der Waals surface area contributed by atoms with Gasteiger partial charge in [0, 0.05) is 24.5 Å². The quantitative estimate of drug-likeness (QED) is 0.693. The first kappa shape index (κ1) is 18.1. The number of pyridine rings is 1. The van der Waals surface area contributed by atoms with Gasteiger partial charge in [-0.3, -0.25) is 9.59 Å². The number of aromatic amines is 1. The fourth-order valence-electron chi connectivity index (χ4n) is 2.37. The Morgan fingerprint density at radius 1 is 1.15 bits per heavy atom. The van der Waals surface area contributed by atoms with Gasteiger partial charge in [-0.1, -0.05) is 18.2 Å². The van der Waals surface area contributed by atoms with Gasteiger partial charge in [-0.2, -0.15) is 0 Å². The van der Waals surface area contributed by atoms with E-state index in [1.165, 1.54) is 6.20 Å². The number of hydrogen-bond donors (Lipinski definition) is 2. The van der Waals surface area contributed by atoms with Crippen molar-refractivity contribution < 1.29 is 14.3 Å². The number of ether oxygens (including phenoxy) is 2. The van der Waals surface area contributed by atoms with Gasteiger partial charge in [0.25, 0.3) is 11.5 Å². The number of rotatable bonds is 6. The molecular weight excluding hydrogens is 348 g/mol. The van der Waals surface area contributed by atoms with E-state index in [0.717, 1.165) is 0 Å². The highest BCUT2D eigenvalue weighted by Crippen LogP contribution is 2.31. The first-order valence-corrected chi connectivity index (χ1v) is 8.17. The van der Waals surface area contributed by atoms with Crippen LogP contribution in [0.2, 0.25) is 0 Å². The lowest BCUT2D eigenvalue weighted by Gasteiger charge is -2.12. The molecule has 2 aromatic heterocycles. The largest absolute Gasteiger partial charge is 0.493 e. The molecule has 2 N–H and O–H groups in total. The topological polar surface area (TPSA) is 106 Å². The fourth-order valence-corrected chi connectivity index (χ4v) is 2.37. The van der Waals surface area contributed by atoms with E-state index in [2.05, 4.69) is 20.3 Å². The third-order valence-corrected chi connectivity index (χ3v) is 3.74. The number of nitrogens with one attached hydrogen (secondary N) is 2. The Labute approximate surface area is 155 Å². The summed E-state index contributed by atoms with van der Waals surface area (Å²) >= 11 is 0. The third-order valence-electron chi connectivity index (χ3n) is 3.74. The molecule has 0 atom stereocenters. The molecule has 138 valence electrons. The van der Waals surface area contributed by atoms with Crippen LogP contribution < -0.4 is 20.3 Å². The van der Waals surface area contributed by atoms with Crippen LogP contribution in [-0.2, 0) is 6.54 Å². The van der Waals surface area contributed by atoms with Crippen molar-refractivity contribution in [2.24, 2.45) is 0 Å². The number of aryl methyl sites for hydroxylation is 1. The van der Waals surface area contributed by atoms with Crippen molar-refractivity contribution in [2.45, 2.75) is 13.5 Å². The predicted molar refractivity (Wildman–Crippen MR) is 98.1 cm³/mol. The second-order valence-electron chi connectivity index (χ2n) is 5.61. The lowest BCUT2D eigenvalue weighted by atomic mass is 10.2. The second kappa shape index (κ2) is 8.13. The van der Waals surface area contributed by atoms with E-state index in [1.807, 2.05) is 12.1 Å². The number of H-pyrrole nitrogens is 1. The van der Waals surface area contributed by atoms with Gasteiger partial charge in [0.2, 0.25) is 5.88 Å². The summed E-state index contributed by atoms with van der Waals surface area (Å²) in [7, 11) is 1.55. The smallest absolute Gasteiger partial charge is 0.263 e. The molecule has 0 radical (unpaired) electrons. The van der Waals surface area contributed by atoms with Crippen molar-refractivity contribution in [3.63, 3.8) is 0 Å². The van der Waals surface area contributed by atoms with Crippen LogP contribution in [-0.4, -0.2) is 28.0 Å². The summed E-state index contributed by atoms with van der Waals surface area (Å²) in [6, 6.07) is 10.7. The van der Waals surface area contributed by atoms with Gasteiger partial charge in [0.05, 0.1) is 7.11 Å². The minimum Gasteiger partial charge on any atom is -0.493 e. The van der Waals surface area contributed by atoms with Crippen LogP contribution >= 0.6 is 0 Å². The van der Waals surface area contributed by atoms with Crippen LogP contribution in [0.15, 0.2) is 53.6 Å². The standard InChI is InChI=1S/C19H18N4O4/c1-12-21-11-14(18(25)23-12)17(24)22-10-13-6-5-9-20-19(13)27-16-8-4-3-7-15(16)26-2/h3-9,11H,10H2,1-2H3,(H,22,24)(H,21,23,25). The van der Waals surface area contributed by atoms with Crippen LogP contribution in [0, 0.1) is 6.92 Å². The number of aromatic nitrogens is 3. The van der Waals surface area contributed by atoms with Gasteiger partial charge < -0.3 is 19.8 Å². The highest BCUT2D eigenvalue weighted by molar-refractivity contribution is 5.93. The third kappa shape index (κ3) is 4.30. The Bertz CT molecular complexity index is 1020. The summed E-state index contributed by atoms with van der Waals surface area (Å²) in [6.45, 7) is 1.77. The van der Waals surface area contributed by atoms with Gasteiger partial charge in [-0.05, 0) is 25.1 Å². The van der Waals surface area contributed by atoms with Gasteiger partial charge in [0.15, 0.2) is 11.5 Å². The summed E-state index contributed by atoms with van der Waals surface area (Å²) in [5, 5.41) is 2.68. The number of amides is 1. The Morgan fingerprint density at radius 3 is 2.67 bits per heavy atom. The van der Waals surface area contributed by atoms with E-state index in [0.29, 0.717) is 28.8 Å². The number of methoxy groups -OCH3 is 1. The molecule has 0 saturated carbocycles. The Kier molecular flexibility index (Phi) is 5.46. The summed E-state index contributed by atoms with van der Waals surface area (Å²) in [6.07, 6.45) is 2.84. The number of carbonyl (C=O) groups is 1. The van der Waals surface area contributed by atoms with E-state index in [1.54, 1.807) is 44.5 Å². The van der Waals surface area contributed by atoms with Crippen LogP contribution in [0.4, 0.5) is 0 Å². The van der Waals surface area contributed by atoms with E-state index in [-0.39, 0.29) is 12.1 Å². The summed E-state index contributed by atoms with van der Waals surface area (Å²) in [5.74, 6) is 1.31. The molecule has 27 heavy (non-hydrogen) atoms. The molecule has 8 heteroatoms. The molecule has 0 unspecified atom stereocenters. The molecule has 3 rings (SSSR count). The highest BCUT2D eigenvalue weighted by atomic mass is 16.5. The molecule has 0 aliphatic heterocycles. The maximum atomic E-state index is 12.3. The molecule has 8 nitrogen and oxygen atoms in total. The molecule has 0 saturated heterocycles. The van der Waals surface area contributed by atoms with Crippen molar-refractivity contribution in [2.75, 3.05) is 7.11 Å². The van der Waals surface area contributed by atoms with Crippen molar-refractivity contribution in [3.8, 4) is 17.4 Å². The Hall–Kier alpha value is -3.68. The fraction of sp³-hybridized carbons (Fsp3) is 0.158. The lowest BCUT2D eigenvalue weighted by Crippen LogP contribution is -2.30. The average Bonchev–Trinajstić information content (AvgIpc) is 2.67. The number of carbonyl (C=O) groups excluding carboxylic acids is 1. The van der Waals surface area contributed by atoms with Crippen LogP contribution in [0.25, 0.3) is 0 Å². The maximum absolute atomic E-state index is 12.3. The zero-order valence-electron chi connectivity index (χ0n) is 14.9. The first-order chi connectivity index (χ1) is 13.1. The number of benzene rings is 1. The normalized spacial score (nSPS) is 10.3. The molecule has 3 aromatic rings. The van der Waals surface area contributed by atoms with Gasteiger partial charge in [0.1, 0.15) is 11.4 Å². The zero-order chi connectivity index (χ0) is 19.2. The minimum absolute atomic E-state index is 0.0586. The van der Waals surface area contributed by atoms with Crippen molar-refractivity contribution in [1.29, 1.82) is 0 Å². The Balaban J connectivity index is 1.76. The Morgan fingerprint density at radius 2 is 1.93 bits per heavy atom. The maximum Gasteiger partial charge on any atom is 0.263 e. The SMILES string of the molecule is COc1ccccc1Oc1ncccc1CNC(=O)c1cnc(C)[nH]c1=O. The van der Waals surface area contributed by atoms with E-state index < -0.39 is 11.5 Å². The minimum atomic E-state index is -0.532. The molecule has 0 aliphatic carbocycles. The van der Waals surface area contributed by atoms with E-state index in [4.69, 9.17) is 9.47 Å². The van der Waals surface area contributed by atoms with Crippen LogP contribution in [0.5, 0.6) is 17.4 Å². The summed E-state index contributed by atoms with van der Waals surface area (Å²) in [4.78, 5) is 34.8. The molecule has 0 bridgehead atoms. The van der Waals surface area contributed by atoms with Crippen molar-refractivity contribution in [3.05, 3.63) is 76.1 Å². The zero-order valence-corrected chi connectivity index (χ0v) is 14.9. The lowest BCUT2D eigenvalue weighted by molar-refractivity contribution is 0.0948. The monoisotopic (exact) mass is 366 g/mol. The van der Waals surface area contributed by atoms with Crippen molar-refractivity contribution >= 4 is 5.91 Å². The second-order valence-corrected chi connectivity index (χ2v) is 5.61. The van der Waals surface area contributed by atoms with E-state index in [9.17, 15) is 9.59 Å². The van der Waals surface area contributed by atoms with Crippen molar-refractivity contribution in [1.82, 2.24) is 20.3 Å². The molecular formula is C19H18N4O4. The molecule has 2 heterocycles. The number of para-hydroxylation sites is 2. The predicted octanol–water partition coefficient (Wildman–Crippen LogP) is 2.20. The van der Waals surface area contributed by atoms with Crippen LogP contribution in [0.1, 0.15) is 21.7 Å². The highest BCUT2D eigenvalue weighted by Gasteiger charge is 2.14. The van der Waals surface area contributed by atoms with Gasteiger partial charge >= 0.3 is 0 Å². The molecule has 0 aliphatic rings. The summed E-state index contributed by atoms with van der Waals surface area (Å²) < 4.78 is 11.1. The van der Waals surface area contributed by atoms with Crippen LogP contribution in [0.3, 0.4) is 0 Å².